The summed E-state index contributed by atoms with van der Waals surface area (Å²) < 4.78 is 0. The van der Waals surface area contributed by atoms with E-state index < -0.39 is 5.91 Å². The van der Waals surface area contributed by atoms with Crippen LogP contribution in [-0.2, 0) is 0 Å². The molecule has 1 aliphatic rings. The van der Waals surface area contributed by atoms with Gasteiger partial charge in [0.05, 0.1) is 23.3 Å². The number of hydrogen-bond donors (Lipinski definition) is 2. The fourth-order valence-corrected chi connectivity index (χ4v) is 2.98. The van der Waals surface area contributed by atoms with Gasteiger partial charge in [0.2, 0.25) is 0 Å². The molecular weight excluding hydrogens is 254 g/mol. The maximum Gasteiger partial charge on any atom is 0.252 e. The highest BCUT2D eigenvalue weighted by molar-refractivity contribution is 6.03. The summed E-state index contributed by atoms with van der Waals surface area (Å²) >= 11 is 0. The topological polar surface area (TPSA) is 87.9 Å². The van der Waals surface area contributed by atoms with Crippen LogP contribution >= 0.6 is 0 Å². The Balaban J connectivity index is 2.00. The molecule has 3 rings (SSSR count). The number of likely N-dealkylation sites (tertiary alicyclic amines) is 1. The lowest BCUT2D eigenvalue weighted by Crippen LogP contribution is -2.24. The minimum atomic E-state index is -0.488. The molecule has 1 unspecified atom stereocenters. The largest absolute Gasteiger partial charge is 0.365 e. The van der Waals surface area contributed by atoms with Crippen LogP contribution in [0.2, 0.25) is 0 Å². The van der Waals surface area contributed by atoms with Crippen molar-refractivity contribution < 1.29 is 4.79 Å². The highest BCUT2D eigenvalue weighted by Gasteiger charge is 2.28. The van der Waals surface area contributed by atoms with E-state index in [1.54, 1.807) is 6.20 Å². The first-order chi connectivity index (χ1) is 9.70. The zero-order valence-corrected chi connectivity index (χ0v) is 11.6. The molecule has 0 radical (unpaired) electrons. The molecule has 0 aromatic carbocycles. The van der Waals surface area contributed by atoms with E-state index in [2.05, 4.69) is 26.8 Å². The SMILES string of the molecule is CCCN1CCCC1c1nc2c(C(N)=O)cncc2[nH]1. The number of amides is 1. The van der Waals surface area contributed by atoms with Crippen molar-refractivity contribution in [3.8, 4) is 0 Å². The van der Waals surface area contributed by atoms with E-state index in [1.165, 1.54) is 12.6 Å². The van der Waals surface area contributed by atoms with Gasteiger partial charge in [-0.1, -0.05) is 6.92 Å². The summed E-state index contributed by atoms with van der Waals surface area (Å²) in [5.74, 6) is 0.430. The number of aromatic amines is 1. The van der Waals surface area contributed by atoms with Crippen LogP contribution in [0, 0.1) is 0 Å². The van der Waals surface area contributed by atoms with Crippen LogP contribution in [0.1, 0.15) is 48.4 Å². The Labute approximate surface area is 117 Å². The molecule has 1 amide bonds. The van der Waals surface area contributed by atoms with Crippen molar-refractivity contribution in [2.45, 2.75) is 32.2 Å². The van der Waals surface area contributed by atoms with Crippen LogP contribution in [0.5, 0.6) is 0 Å². The highest BCUT2D eigenvalue weighted by Crippen LogP contribution is 2.31. The molecule has 2 aromatic rings. The number of aromatic nitrogens is 3. The zero-order chi connectivity index (χ0) is 14.1. The van der Waals surface area contributed by atoms with Gasteiger partial charge in [-0.05, 0) is 32.4 Å². The van der Waals surface area contributed by atoms with Crippen LogP contribution in [0.25, 0.3) is 11.0 Å². The molecule has 6 heteroatoms. The second-order valence-corrected chi connectivity index (χ2v) is 5.26. The molecule has 3 N–H and O–H groups in total. The molecule has 0 aliphatic carbocycles. The lowest BCUT2D eigenvalue weighted by atomic mass is 10.2. The number of primary amides is 1. The van der Waals surface area contributed by atoms with E-state index >= 15 is 0 Å². The minimum absolute atomic E-state index is 0.308. The quantitative estimate of drug-likeness (QED) is 0.885. The van der Waals surface area contributed by atoms with E-state index in [0.29, 0.717) is 17.1 Å². The van der Waals surface area contributed by atoms with E-state index in [9.17, 15) is 4.79 Å². The average Bonchev–Trinajstić information content (AvgIpc) is 3.03. The van der Waals surface area contributed by atoms with E-state index in [1.807, 2.05) is 0 Å². The van der Waals surface area contributed by atoms with Gasteiger partial charge in [0.15, 0.2) is 0 Å². The monoisotopic (exact) mass is 273 g/mol. The number of H-pyrrole nitrogens is 1. The molecule has 2 aromatic heterocycles. The van der Waals surface area contributed by atoms with Gasteiger partial charge >= 0.3 is 0 Å². The van der Waals surface area contributed by atoms with Gasteiger partial charge in [-0.2, -0.15) is 0 Å². The van der Waals surface area contributed by atoms with E-state index in [0.717, 1.165) is 37.3 Å². The number of pyridine rings is 1. The van der Waals surface area contributed by atoms with Gasteiger partial charge in [0, 0.05) is 6.20 Å². The van der Waals surface area contributed by atoms with Crippen LogP contribution in [0.4, 0.5) is 0 Å². The molecule has 0 spiro atoms. The Morgan fingerprint density at radius 2 is 2.40 bits per heavy atom. The number of carbonyl (C=O) groups is 1. The summed E-state index contributed by atoms with van der Waals surface area (Å²) in [4.78, 5) is 25.8. The highest BCUT2D eigenvalue weighted by atomic mass is 16.1. The molecule has 3 heterocycles. The van der Waals surface area contributed by atoms with Crippen LogP contribution in [0.15, 0.2) is 12.4 Å². The summed E-state index contributed by atoms with van der Waals surface area (Å²) in [5, 5.41) is 0. The standard InChI is InChI=1S/C14H19N5O/c1-2-5-19-6-3-4-11(19)14-17-10-8-16-7-9(13(15)20)12(10)18-14/h7-8,11H,2-6H2,1H3,(H2,15,20)(H,17,18). The molecule has 20 heavy (non-hydrogen) atoms. The molecule has 1 saturated heterocycles. The fraction of sp³-hybridized carbons (Fsp3) is 0.500. The Morgan fingerprint density at radius 3 is 3.15 bits per heavy atom. The first kappa shape index (κ1) is 13.1. The van der Waals surface area contributed by atoms with Gasteiger partial charge < -0.3 is 10.7 Å². The predicted molar refractivity (Wildman–Crippen MR) is 76.2 cm³/mol. The second kappa shape index (κ2) is 5.20. The average molecular weight is 273 g/mol. The predicted octanol–water partition coefficient (Wildman–Crippen LogP) is 1.60. The molecule has 0 bridgehead atoms. The number of nitrogens with two attached hydrogens (primary N) is 1. The molecular formula is C14H19N5O. The molecule has 1 atom stereocenters. The zero-order valence-electron chi connectivity index (χ0n) is 11.6. The normalized spacial score (nSPS) is 19.8. The third-order valence-corrected chi connectivity index (χ3v) is 3.87. The lowest BCUT2D eigenvalue weighted by Gasteiger charge is -2.21. The number of hydrogen-bond acceptors (Lipinski definition) is 4. The van der Waals surface area contributed by atoms with Gasteiger partial charge in [0.1, 0.15) is 11.3 Å². The van der Waals surface area contributed by atoms with Crippen molar-refractivity contribution in [3.63, 3.8) is 0 Å². The minimum Gasteiger partial charge on any atom is -0.365 e. The van der Waals surface area contributed by atoms with Crippen molar-refractivity contribution in [1.82, 2.24) is 19.9 Å². The van der Waals surface area contributed by atoms with Gasteiger partial charge in [-0.25, -0.2) is 4.98 Å². The Morgan fingerprint density at radius 1 is 1.55 bits per heavy atom. The number of nitrogens with one attached hydrogen (secondary N) is 1. The molecule has 6 nitrogen and oxygen atoms in total. The summed E-state index contributed by atoms with van der Waals surface area (Å²) in [6.07, 6.45) is 6.58. The Hall–Kier alpha value is -1.95. The van der Waals surface area contributed by atoms with Crippen molar-refractivity contribution in [2.75, 3.05) is 13.1 Å². The van der Waals surface area contributed by atoms with Crippen molar-refractivity contribution in [3.05, 3.63) is 23.8 Å². The first-order valence-electron chi connectivity index (χ1n) is 7.08. The maximum atomic E-state index is 11.4. The lowest BCUT2D eigenvalue weighted by molar-refractivity contribution is 0.100. The maximum absolute atomic E-state index is 11.4. The van der Waals surface area contributed by atoms with E-state index in [4.69, 9.17) is 5.73 Å². The summed E-state index contributed by atoms with van der Waals surface area (Å²) in [6, 6.07) is 0.308. The Bertz CT molecular complexity index is 636. The van der Waals surface area contributed by atoms with Crippen molar-refractivity contribution in [1.29, 1.82) is 0 Å². The van der Waals surface area contributed by atoms with Crippen LogP contribution < -0.4 is 5.73 Å². The van der Waals surface area contributed by atoms with Gasteiger partial charge in [-0.3, -0.25) is 14.7 Å². The van der Waals surface area contributed by atoms with Crippen molar-refractivity contribution >= 4 is 16.9 Å². The third kappa shape index (κ3) is 2.16. The number of imidazole rings is 1. The summed E-state index contributed by atoms with van der Waals surface area (Å²) in [7, 11) is 0. The molecule has 1 aliphatic heterocycles. The number of fused-ring (bicyclic) bond motifs is 1. The third-order valence-electron chi connectivity index (χ3n) is 3.87. The molecule has 1 fully saturated rings. The number of carbonyl (C=O) groups excluding carboxylic acids is 1. The van der Waals surface area contributed by atoms with Gasteiger partial charge in [0.25, 0.3) is 5.91 Å². The number of rotatable bonds is 4. The Kier molecular flexibility index (Phi) is 3.40. The number of nitrogens with zero attached hydrogens (tertiary/aromatic N) is 3. The second-order valence-electron chi connectivity index (χ2n) is 5.26. The van der Waals surface area contributed by atoms with Gasteiger partial charge in [-0.15, -0.1) is 0 Å². The first-order valence-corrected chi connectivity index (χ1v) is 7.08. The summed E-state index contributed by atoms with van der Waals surface area (Å²) in [5.41, 5.74) is 7.16. The van der Waals surface area contributed by atoms with Crippen LogP contribution in [0.3, 0.4) is 0 Å². The van der Waals surface area contributed by atoms with Crippen molar-refractivity contribution in [2.24, 2.45) is 5.73 Å². The summed E-state index contributed by atoms with van der Waals surface area (Å²) in [6.45, 7) is 4.36. The fourth-order valence-electron chi connectivity index (χ4n) is 2.98. The molecule has 0 saturated carbocycles. The molecule has 106 valence electrons. The smallest absolute Gasteiger partial charge is 0.252 e. The van der Waals surface area contributed by atoms with E-state index in [-0.39, 0.29) is 0 Å². The van der Waals surface area contributed by atoms with Crippen LogP contribution in [-0.4, -0.2) is 38.8 Å².